The van der Waals surface area contributed by atoms with E-state index in [0.717, 1.165) is 5.56 Å². The van der Waals surface area contributed by atoms with Gasteiger partial charge in [-0.15, -0.1) is 0 Å². The standard InChI is InChI=1S/C17H16ClF2NO3/c1-10-7-14(15(23-2)9-13(10)18)21-16(22)8-11-3-5-12(6-4-11)24-17(19)20/h3-7,9,17H,8H2,1-2H3,(H,21,22). The lowest BCUT2D eigenvalue weighted by molar-refractivity contribution is -0.115. The third-order valence-electron chi connectivity index (χ3n) is 3.27. The molecule has 0 radical (unpaired) electrons. The summed E-state index contributed by atoms with van der Waals surface area (Å²) in [6.07, 6.45) is 0.0831. The lowest BCUT2D eigenvalue weighted by atomic mass is 10.1. The van der Waals surface area contributed by atoms with E-state index in [4.69, 9.17) is 16.3 Å². The van der Waals surface area contributed by atoms with Crippen LogP contribution >= 0.6 is 11.6 Å². The minimum atomic E-state index is -2.88. The quantitative estimate of drug-likeness (QED) is 0.833. The maximum Gasteiger partial charge on any atom is 0.387 e. The average Bonchev–Trinajstić information content (AvgIpc) is 2.52. The van der Waals surface area contributed by atoms with Crippen LogP contribution in [0.1, 0.15) is 11.1 Å². The van der Waals surface area contributed by atoms with E-state index in [2.05, 4.69) is 10.1 Å². The molecule has 0 aromatic heterocycles. The second kappa shape index (κ2) is 7.97. The van der Waals surface area contributed by atoms with Crippen LogP contribution in [0, 0.1) is 6.92 Å². The molecule has 0 aliphatic heterocycles. The zero-order chi connectivity index (χ0) is 17.7. The number of aryl methyl sites for hydroxylation is 1. The van der Waals surface area contributed by atoms with Crippen molar-refractivity contribution in [3.63, 3.8) is 0 Å². The first kappa shape index (κ1) is 18.0. The van der Waals surface area contributed by atoms with Crippen LogP contribution in [0.3, 0.4) is 0 Å². The molecule has 4 nitrogen and oxygen atoms in total. The molecule has 0 heterocycles. The number of hydrogen-bond acceptors (Lipinski definition) is 3. The third kappa shape index (κ3) is 4.83. The number of amides is 1. The first-order valence-electron chi connectivity index (χ1n) is 7.06. The Hall–Kier alpha value is -2.34. The van der Waals surface area contributed by atoms with Crippen LogP contribution in [0.4, 0.5) is 14.5 Å². The molecule has 2 aromatic rings. The number of anilines is 1. The molecule has 0 spiro atoms. The summed E-state index contributed by atoms with van der Waals surface area (Å²) in [5, 5.41) is 3.29. The van der Waals surface area contributed by atoms with E-state index in [0.29, 0.717) is 22.0 Å². The molecular formula is C17H16ClF2NO3. The van der Waals surface area contributed by atoms with Gasteiger partial charge in [0.1, 0.15) is 11.5 Å². The predicted octanol–water partition coefficient (Wildman–Crippen LogP) is 4.44. The normalized spacial score (nSPS) is 10.6. The van der Waals surface area contributed by atoms with Gasteiger partial charge < -0.3 is 14.8 Å². The van der Waals surface area contributed by atoms with Gasteiger partial charge in [0.25, 0.3) is 0 Å². The summed E-state index contributed by atoms with van der Waals surface area (Å²) < 4.78 is 33.7. The van der Waals surface area contributed by atoms with E-state index < -0.39 is 6.61 Å². The molecule has 0 unspecified atom stereocenters. The summed E-state index contributed by atoms with van der Waals surface area (Å²) in [4.78, 5) is 12.2. The molecule has 128 valence electrons. The number of halogens is 3. The highest BCUT2D eigenvalue weighted by molar-refractivity contribution is 6.31. The SMILES string of the molecule is COc1cc(Cl)c(C)cc1NC(=O)Cc1ccc(OC(F)F)cc1. The molecule has 0 aliphatic carbocycles. The average molecular weight is 356 g/mol. The highest BCUT2D eigenvalue weighted by Crippen LogP contribution is 2.31. The van der Waals surface area contributed by atoms with Crippen molar-refractivity contribution in [1.82, 2.24) is 0 Å². The summed E-state index contributed by atoms with van der Waals surface area (Å²) in [6, 6.07) is 9.24. The Labute approximate surface area is 143 Å². The van der Waals surface area contributed by atoms with Crippen molar-refractivity contribution in [2.24, 2.45) is 0 Å². The summed E-state index contributed by atoms with van der Waals surface area (Å²) >= 11 is 6.02. The lowest BCUT2D eigenvalue weighted by Gasteiger charge is -2.12. The molecule has 0 fully saturated rings. The van der Waals surface area contributed by atoms with Crippen LogP contribution in [0.15, 0.2) is 36.4 Å². The van der Waals surface area contributed by atoms with E-state index in [-0.39, 0.29) is 18.1 Å². The van der Waals surface area contributed by atoms with Crippen LogP contribution in [0.25, 0.3) is 0 Å². The summed E-state index contributed by atoms with van der Waals surface area (Å²) in [7, 11) is 1.48. The highest BCUT2D eigenvalue weighted by Gasteiger charge is 2.11. The Morgan fingerprint density at radius 2 is 1.92 bits per heavy atom. The first-order chi connectivity index (χ1) is 11.4. The minimum absolute atomic E-state index is 0.0455. The number of alkyl halides is 2. The Balaban J connectivity index is 2.04. The molecular weight excluding hydrogens is 340 g/mol. The van der Waals surface area contributed by atoms with Crippen LogP contribution < -0.4 is 14.8 Å². The van der Waals surface area contributed by atoms with Gasteiger partial charge in [0.2, 0.25) is 5.91 Å². The van der Waals surface area contributed by atoms with E-state index in [1.54, 1.807) is 24.3 Å². The molecule has 0 atom stereocenters. The van der Waals surface area contributed by atoms with Crippen molar-refractivity contribution < 1.29 is 23.0 Å². The minimum Gasteiger partial charge on any atom is -0.495 e. The Bertz CT molecular complexity index is 721. The van der Waals surface area contributed by atoms with E-state index in [1.807, 2.05) is 6.92 Å². The van der Waals surface area contributed by atoms with Gasteiger partial charge in [-0.3, -0.25) is 4.79 Å². The zero-order valence-electron chi connectivity index (χ0n) is 13.1. The van der Waals surface area contributed by atoms with Crippen molar-refractivity contribution in [3.05, 3.63) is 52.5 Å². The fraction of sp³-hybridized carbons (Fsp3) is 0.235. The molecule has 1 N–H and O–H groups in total. The molecule has 2 aromatic carbocycles. The van der Waals surface area contributed by atoms with Crippen molar-refractivity contribution in [1.29, 1.82) is 0 Å². The monoisotopic (exact) mass is 355 g/mol. The number of benzene rings is 2. The van der Waals surface area contributed by atoms with Crippen LogP contribution in [0.5, 0.6) is 11.5 Å². The largest absolute Gasteiger partial charge is 0.495 e. The van der Waals surface area contributed by atoms with Crippen LogP contribution in [-0.4, -0.2) is 19.6 Å². The smallest absolute Gasteiger partial charge is 0.387 e. The molecule has 1 amide bonds. The van der Waals surface area contributed by atoms with Crippen molar-refractivity contribution >= 4 is 23.2 Å². The third-order valence-corrected chi connectivity index (χ3v) is 3.68. The summed E-state index contributed by atoms with van der Waals surface area (Å²) in [5.41, 5.74) is 1.99. The second-order valence-corrected chi connectivity index (χ2v) is 5.46. The van der Waals surface area contributed by atoms with Crippen molar-refractivity contribution in [2.45, 2.75) is 20.0 Å². The van der Waals surface area contributed by atoms with Gasteiger partial charge in [0, 0.05) is 11.1 Å². The number of carbonyl (C=O) groups excluding carboxylic acids is 1. The molecule has 0 aliphatic rings. The highest BCUT2D eigenvalue weighted by atomic mass is 35.5. The number of rotatable bonds is 6. The van der Waals surface area contributed by atoms with Gasteiger partial charge in [-0.05, 0) is 36.2 Å². The van der Waals surface area contributed by atoms with E-state index in [9.17, 15) is 13.6 Å². The Morgan fingerprint density at radius 3 is 2.50 bits per heavy atom. The molecule has 0 saturated heterocycles. The van der Waals surface area contributed by atoms with Crippen LogP contribution in [-0.2, 0) is 11.2 Å². The van der Waals surface area contributed by atoms with Crippen molar-refractivity contribution in [3.8, 4) is 11.5 Å². The predicted molar refractivity (Wildman–Crippen MR) is 88.1 cm³/mol. The van der Waals surface area contributed by atoms with Gasteiger partial charge in [-0.25, -0.2) is 0 Å². The fourth-order valence-corrected chi connectivity index (χ4v) is 2.25. The van der Waals surface area contributed by atoms with E-state index >= 15 is 0 Å². The number of ether oxygens (including phenoxy) is 2. The number of carbonyl (C=O) groups is 1. The van der Waals surface area contributed by atoms with Gasteiger partial charge in [0.15, 0.2) is 0 Å². The zero-order valence-corrected chi connectivity index (χ0v) is 13.9. The number of hydrogen-bond donors (Lipinski definition) is 1. The molecule has 2 rings (SSSR count). The maximum atomic E-state index is 12.2. The summed E-state index contributed by atoms with van der Waals surface area (Å²) in [6.45, 7) is -1.06. The molecule has 0 saturated carbocycles. The number of nitrogens with one attached hydrogen (secondary N) is 1. The molecule has 7 heteroatoms. The molecule has 0 bridgehead atoms. The van der Waals surface area contributed by atoms with Gasteiger partial charge >= 0.3 is 6.61 Å². The van der Waals surface area contributed by atoms with Gasteiger partial charge in [-0.1, -0.05) is 23.7 Å². The van der Waals surface area contributed by atoms with E-state index in [1.165, 1.54) is 19.2 Å². The first-order valence-corrected chi connectivity index (χ1v) is 7.44. The topological polar surface area (TPSA) is 47.6 Å². The van der Waals surface area contributed by atoms with Crippen molar-refractivity contribution in [2.75, 3.05) is 12.4 Å². The Kier molecular flexibility index (Phi) is 5.98. The maximum absolute atomic E-state index is 12.2. The van der Waals surface area contributed by atoms with Gasteiger partial charge in [-0.2, -0.15) is 8.78 Å². The number of methoxy groups -OCH3 is 1. The van der Waals surface area contributed by atoms with Gasteiger partial charge in [0.05, 0.1) is 19.2 Å². The fourth-order valence-electron chi connectivity index (χ4n) is 2.10. The summed E-state index contributed by atoms with van der Waals surface area (Å²) in [5.74, 6) is 0.237. The Morgan fingerprint density at radius 1 is 1.25 bits per heavy atom. The lowest BCUT2D eigenvalue weighted by Crippen LogP contribution is -2.15. The molecule has 24 heavy (non-hydrogen) atoms. The second-order valence-electron chi connectivity index (χ2n) is 5.05. The van der Waals surface area contributed by atoms with Crippen LogP contribution in [0.2, 0.25) is 5.02 Å².